The smallest absolute Gasteiger partial charge is 0.244 e. The van der Waals surface area contributed by atoms with Crippen molar-refractivity contribution in [3.8, 4) is 0 Å². The molecule has 0 aliphatic carbocycles. The number of aryl methyl sites for hydroxylation is 1. The number of imidazole rings is 1. The second kappa shape index (κ2) is 6.88. The van der Waals surface area contributed by atoms with Gasteiger partial charge in [-0.3, -0.25) is 4.79 Å². The van der Waals surface area contributed by atoms with Gasteiger partial charge >= 0.3 is 0 Å². The van der Waals surface area contributed by atoms with Crippen LogP contribution in [0, 0.1) is 6.92 Å². The first-order valence-electron chi connectivity index (χ1n) is 7.03. The lowest BCUT2D eigenvalue weighted by molar-refractivity contribution is -0.116. The first-order chi connectivity index (χ1) is 10.0. The molecule has 0 saturated carbocycles. The van der Waals surface area contributed by atoms with E-state index in [0.717, 1.165) is 23.5 Å². The second-order valence-electron chi connectivity index (χ2n) is 5.36. The summed E-state index contributed by atoms with van der Waals surface area (Å²) in [6.07, 6.45) is 5.39. The van der Waals surface area contributed by atoms with E-state index in [1.165, 1.54) is 5.56 Å². The fourth-order valence-electron chi connectivity index (χ4n) is 2.11. The minimum atomic E-state index is -0.0501. The molecule has 0 unspecified atom stereocenters. The zero-order valence-electron chi connectivity index (χ0n) is 12.8. The maximum absolute atomic E-state index is 11.6. The van der Waals surface area contributed by atoms with Crippen molar-refractivity contribution in [1.29, 1.82) is 0 Å². The predicted molar refractivity (Wildman–Crippen MR) is 83.8 cm³/mol. The molecule has 0 radical (unpaired) electrons. The number of amides is 1. The summed E-state index contributed by atoms with van der Waals surface area (Å²) in [5, 5.41) is 2.89. The summed E-state index contributed by atoms with van der Waals surface area (Å²) in [5.41, 5.74) is 3.29. The Morgan fingerprint density at radius 1 is 1.33 bits per heavy atom. The number of nitrogens with zero attached hydrogens (tertiary/aromatic N) is 2. The van der Waals surface area contributed by atoms with E-state index in [1.807, 2.05) is 39.1 Å². The third-order valence-corrected chi connectivity index (χ3v) is 3.15. The van der Waals surface area contributed by atoms with Crippen molar-refractivity contribution in [3.63, 3.8) is 0 Å². The SMILES string of the molecule is CC(C)=CC(=O)NCc1cccc(Cn2ccnc2C)c1. The van der Waals surface area contributed by atoms with Crippen LogP contribution in [0.4, 0.5) is 0 Å². The normalized spacial score (nSPS) is 10.2. The first kappa shape index (κ1) is 15.0. The van der Waals surface area contributed by atoms with E-state index in [-0.39, 0.29) is 5.91 Å². The molecule has 1 amide bonds. The summed E-state index contributed by atoms with van der Waals surface area (Å²) in [5.74, 6) is 0.947. The van der Waals surface area contributed by atoms with Crippen molar-refractivity contribution in [2.75, 3.05) is 0 Å². The van der Waals surface area contributed by atoms with Crippen LogP contribution in [0.1, 0.15) is 30.8 Å². The molecule has 2 aromatic rings. The van der Waals surface area contributed by atoms with E-state index in [2.05, 4.69) is 27.0 Å². The topological polar surface area (TPSA) is 46.9 Å². The summed E-state index contributed by atoms with van der Waals surface area (Å²) in [6, 6.07) is 8.24. The van der Waals surface area contributed by atoms with Crippen molar-refractivity contribution in [1.82, 2.24) is 14.9 Å². The van der Waals surface area contributed by atoms with Crippen LogP contribution < -0.4 is 5.32 Å². The number of allylic oxidation sites excluding steroid dienone is 1. The fourth-order valence-corrected chi connectivity index (χ4v) is 2.11. The van der Waals surface area contributed by atoms with Gasteiger partial charge in [-0.1, -0.05) is 29.8 Å². The van der Waals surface area contributed by atoms with Crippen molar-refractivity contribution in [2.45, 2.75) is 33.9 Å². The molecule has 2 rings (SSSR count). The summed E-state index contributed by atoms with van der Waals surface area (Å²) in [4.78, 5) is 15.8. The molecular formula is C17H21N3O. The maximum Gasteiger partial charge on any atom is 0.244 e. The van der Waals surface area contributed by atoms with E-state index in [0.29, 0.717) is 6.54 Å². The fraction of sp³-hybridized carbons (Fsp3) is 0.294. The number of carbonyl (C=O) groups is 1. The Hall–Kier alpha value is -2.36. The van der Waals surface area contributed by atoms with Gasteiger partial charge in [-0.25, -0.2) is 4.98 Å². The van der Waals surface area contributed by atoms with Gasteiger partial charge < -0.3 is 9.88 Å². The predicted octanol–water partition coefficient (Wildman–Crippen LogP) is 2.82. The van der Waals surface area contributed by atoms with Gasteiger partial charge in [0.15, 0.2) is 0 Å². The molecule has 1 N–H and O–H groups in total. The average molecular weight is 283 g/mol. The quantitative estimate of drug-likeness (QED) is 0.858. The highest BCUT2D eigenvalue weighted by Gasteiger charge is 2.01. The lowest BCUT2D eigenvalue weighted by atomic mass is 10.1. The van der Waals surface area contributed by atoms with E-state index in [9.17, 15) is 4.79 Å². The summed E-state index contributed by atoms with van der Waals surface area (Å²) in [6.45, 7) is 7.14. The Morgan fingerprint density at radius 3 is 2.76 bits per heavy atom. The van der Waals surface area contributed by atoms with Crippen molar-refractivity contribution in [3.05, 3.63) is 65.3 Å². The molecule has 110 valence electrons. The summed E-state index contributed by atoms with van der Waals surface area (Å²) >= 11 is 0. The zero-order chi connectivity index (χ0) is 15.2. The van der Waals surface area contributed by atoms with E-state index >= 15 is 0 Å². The largest absolute Gasteiger partial charge is 0.348 e. The molecule has 0 aliphatic rings. The van der Waals surface area contributed by atoms with Gasteiger partial charge in [-0.15, -0.1) is 0 Å². The average Bonchev–Trinajstić information content (AvgIpc) is 2.82. The third kappa shape index (κ3) is 4.60. The Kier molecular flexibility index (Phi) is 4.93. The van der Waals surface area contributed by atoms with Crippen LogP contribution in [0.3, 0.4) is 0 Å². The van der Waals surface area contributed by atoms with Gasteiger partial charge in [-0.05, 0) is 31.9 Å². The Morgan fingerprint density at radius 2 is 2.10 bits per heavy atom. The van der Waals surface area contributed by atoms with Crippen molar-refractivity contribution < 1.29 is 4.79 Å². The monoisotopic (exact) mass is 283 g/mol. The van der Waals surface area contributed by atoms with E-state index < -0.39 is 0 Å². The first-order valence-corrected chi connectivity index (χ1v) is 7.03. The molecule has 1 aromatic heterocycles. The second-order valence-corrected chi connectivity index (χ2v) is 5.36. The van der Waals surface area contributed by atoms with E-state index in [4.69, 9.17) is 0 Å². The van der Waals surface area contributed by atoms with Crippen LogP contribution in [0.5, 0.6) is 0 Å². The number of benzene rings is 1. The van der Waals surface area contributed by atoms with Crippen LogP contribution in [-0.4, -0.2) is 15.5 Å². The number of rotatable bonds is 5. The minimum Gasteiger partial charge on any atom is -0.348 e. The molecule has 0 bridgehead atoms. The Balaban J connectivity index is 1.99. The van der Waals surface area contributed by atoms with Gasteiger partial charge in [0.2, 0.25) is 5.91 Å². The number of aromatic nitrogens is 2. The molecule has 4 heteroatoms. The molecular weight excluding hydrogens is 262 g/mol. The van der Waals surface area contributed by atoms with Crippen molar-refractivity contribution in [2.24, 2.45) is 0 Å². The molecule has 0 saturated heterocycles. The maximum atomic E-state index is 11.6. The number of carbonyl (C=O) groups excluding carboxylic acids is 1. The minimum absolute atomic E-state index is 0.0501. The molecule has 1 heterocycles. The summed E-state index contributed by atoms with van der Waals surface area (Å²) in [7, 11) is 0. The molecule has 0 fully saturated rings. The highest BCUT2D eigenvalue weighted by Crippen LogP contribution is 2.08. The van der Waals surface area contributed by atoms with Gasteiger partial charge in [0.25, 0.3) is 0 Å². The lowest BCUT2D eigenvalue weighted by Crippen LogP contribution is -2.20. The zero-order valence-corrected chi connectivity index (χ0v) is 12.8. The van der Waals surface area contributed by atoms with Gasteiger partial charge in [0, 0.05) is 31.6 Å². The number of hydrogen-bond donors (Lipinski definition) is 1. The van der Waals surface area contributed by atoms with Gasteiger partial charge in [0.1, 0.15) is 5.82 Å². The van der Waals surface area contributed by atoms with Crippen LogP contribution in [0.25, 0.3) is 0 Å². The Bertz CT molecular complexity index is 652. The van der Waals surface area contributed by atoms with Crippen molar-refractivity contribution >= 4 is 5.91 Å². The standard InChI is InChI=1S/C17H21N3O/c1-13(2)9-17(21)19-11-15-5-4-6-16(10-15)12-20-8-7-18-14(20)3/h4-10H,11-12H2,1-3H3,(H,19,21). The third-order valence-electron chi connectivity index (χ3n) is 3.15. The van der Waals surface area contributed by atoms with Crippen LogP contribution >= 0.6 is 0 Å². The van der Waals surface area contributed by atoms with E-state index in [1.54, 1.807) is 12.3 Å². The highest BCUT2D eigenvalue weighted by molar-refractivity contribution is 5.87. The van der Waals surface area contributed by atoms with Crippen LogP contribution in [-0.2, 0) is 17.9 Å². The molecule has 0 atom stereocenters. The lowest BCUT2D eigenvalue weighted by Gasteiger charge is -2.08. The van der Waals surface area contributed by atoms with Gasteiger partial charge in [-0.2, -0.15) is 0 Å². The molecule has 0 spiro atoms. The van der Waals surface area contributed by atoms with Crippen LogP contribution in [0.2, 0.25) is 0 Å². The number of nitrogens with one attached hydrogen (secondary N) is 1. The molecule has 0 aliphatic heterocycles. The molecule has 1 aromatic carbocycles. The Labute approximate surface area is 125 Å². The summed E-state index contributed by atoms with van der Waals surface area (Å²) < 4.78 is 2.10. The highest BCUT2D eigenvalue weighted by atomic mass is 16.1. The molecule has 21 heavy (non-hydrogen) atoms. The van der Waals surface area contributed by atoms with Gasteiger partial charge in [0.05, 0.1) is 0 Å². The number of hydrogen-bond acceptors (Lipinski definition) is 2. The van der Waals surface area contributed by atoms with Crippen LogP contribution in [0.15, 0.2) is 48.3 Å². The molecule has 4 nitrogen and oxygen atoms in total.